The predicted octanol–water partition coefficient (Wildman–Crippen LogP) is 2.87. The van der Waals surface area contributed by atoms with E-state index in [0.29, 0.717) is 12.2 Å². The monoisotopic (exact) mass is 307 g/mol. The summed E-state index contributed by atoms with van der Waals surface area (Å²) in [7, 11) is 0. The van der Waals surface area contributed by atoms with Crippen LogP contribution in [0.25, 0.3) is 0 Å². The highest BCUT2D eigenvalue weighted by atomic mass is 16.5. The quantitative estimate of drug-likeness (QED) is 0.812. The fraction of sp³-hybridized carbons (Fsp3) is 0.529. The normalized spacial score (nSPS) is 13.5. The van der Waals surface area contributed by atoms with Gasteiger partial charge in [0.25, 0.3) is 5.91 Å². The van der Waals surface area contributed by atoms with Gasteiger partial charge in [-0.05, 0) is 43.4 Å². The molecule has 2 N–H and O–H groups in total. The number of carboxylic acids is 1. The van der Waals surface area contributed by atoms with Crippen LogP contribution in [0.3, 0.4) is 0 Å². The van der Waals surface area contributed by atoms with E-state index in [2.05, 4.69) is 19.2 Å². The van der Waals surface area contributed by atoms with Crippen molar-refractivity contribution in [3.05, 3.63) is 29.3 Å². The van der Waals surface area contributed by atoms with E-state index in [1.54, 1.807) is 13.8 Å². The molecule has 2 atom stereocenters. The van der Waals surface area contributed by atoms with Crippen molar-refractivity contribution in [1.29, 1.82) is 0 Å². The van der Waals surface area contributed by atoms with E-state index < -0.39 is 24.0 Å². The third kappa shape index (κ3) is 4.76. The number of carbonyl (C=O) groups is 2. The molecule has 2 unspecified atom stereocenters. The number of benzene rings is 1. The molecule has 0 bridgehead atoms. The summed E-state index contributed by atoms with van der Waals surface area (Å²) in [5, 5.41) is 11.5. The van der Waals surface area contributed by atoms with Gasteiger partial charge >= 0.3 is 5.97 Å². The molecule has 0 spiro atoms. The molecule has 0 aliphatic carbocycles. The molecule has 0 fully saturated rings. The van der Waals surface area contributed by atoms with E-state index in [0.717, 1.165) is 11.1 Å². The van der Waals surface area contributed by atoms with Crippen LogP contribution < -0.4 is 10.1 Å². The van der Waals surface area contributed by atoms with Gasteiger partial charge < -0.3 is 15.2 Å². The van der Waals surface area contributed by atoms with E-state index >= 15 is 0 Å². The molecule has 0 saturated heterocycles. The molecule has 1 amide bonds. The molecular formula is C17H25NO4. The smallest absolute Gasteiger partial charge is 0.326 e. The summed E-state index contributed by atoms with van der Waals surface area (Å²) >= 11 is 0. The summed E-state index contributed by atoms with van der Waals surface area (Å²) < 4.78 is 5.77. The average Bonchev–Trinajstić information content (AvgIpc) is 2.43. The van der Waals surface area contributed by atoms with Gasteiger partial charge in [0.05, 0.1) is 0 Å². The van der Waals surface area contributed by atoms with Crippen LogP contribution in [-0.2, 0) is 9.59 Å². The van der Waals surface area contributed by atoms with Crippen molar-refractivity contribution >= 4 is 11.9 Å². The largest absolute Gasteiger partial charge is 0.481 e. The number of rotatable bonds is 7. The molecule has 0 aliphatic heterocycles. The first-order valence-electron chi connectivity index (χ1n) is 7.56. The predicted molar refractivity (Wildman–Crippen MR) is 85.2 cm³/mol. The second-order valence-corrected chi connectivity index (χ2v) is 5.76. The van der Waals surface area contributed by atoms with Crippen molar-refractivity contribution in [1.82, 2.24) is 5.32 Å². The Labute approximate surface area is 131 Å². The summed E-state index contributed by atoms with van der Waals surface area (Å²) in [5.74, 6) is -0.527. The molecule has 0 aliphatic rings. The van der Waals surface area contributed by atoms with Crippen LogP contribution in [0.15, 0.2) is 18.2 Å². The lowest BCUT2D eigenvalue weighted by Crippen LogP contribution is -2.46. The molecule has 1 aromatic rings. The number of hydrogen-bond acceptors (Lipinski definition) is 3. The van der Waals surface area contributed by atoms with Gasteiger partial charge in [-0.15, -0.1) is 0 Å². The number of nitrogens with one attached hydrogen (secondary N) is 1. The van der Waals surface area contributed by atoms with Gasteiger partial charge in [-0.2, -0.15) is 0 Å². The second kappa shape index (κ2) is 7.82. The Hall–Kier alpha value is -2.04. The maximum absolute atomic E-state index is 12.1. The van der Waals surface area contributed by atoms with E-state index in [4.69, 9.17) is 9.84 Å². The lowest BCUT2D eigenvalue weighted by molar-refractivity contribution is -0.143. The minimum atomic E-state index is -1.04. The van der Waals surface area contributed by atoms with E-state index in [1.165, 1.54) is 0 Å². The first-order chi connectivity index (χ1) is 10.3. The minimum Gasteiger partial charge on any atom is -0.481 e. The van der Waals surface area contributed by atoms with Crippen molar-refractivity contribution in [2.75, 3.05) is 0 Å². The summed E-state index contributed by atoms with van der Waals surface area (Å²) in [5.41, 5.74) is 2.07. The SMILES string of the molecule is CCC(NC(=O)C(C)Oc1cc(C)ccc1C(C)C)C(=O)O. The number of aryl methyl sites for hydroxylation is 1. The molecule has 0 saturated carbocycles. The zero-order chi connectivity index (χ0) is 16.9. The zero-order valence-electron chi connectivity index (χ0n) is 13.8. The minimum absolute atomic E-state index is 0.272. The van der Waals surface area contributed by atoms with E-state index in [1.807, 2.05) is 25.1 Å². The van der Waals surface area contributed by atoms with Crippen LogP contribution in [0.4, 0.5) is 0 Å². The first kappa shape index (κ1) is 18.0. The number of amides is 1. The first-order valence-corrected chi connectivity index (χ1v) is 7.56. The van der Waals surface area contributed by atoms with Gasteiger partial charge in [0.15, 0.2) is 6.10 Å². The number of ether oxygens (including phenoxy) is 1. The Balaban J connectivity index is 2.84. The Morgan fingerprint density at radius 1 is 1.27 bits per heavy atom. The number of carboxylic acid groups (broad SMARTS) is 1. The Bertz CT molecular complexity index is 539. The van der Waals surface area contributed by atoms with Crippen LogP contribution in [0.1, 0.15) is 51.2 Å². The summed E-state index contributed by atoms with van der Waals surface area (Å²) in [6, 6.07) is 5.00. The lowest BCUT2D eigenvalue weighted by Gasteiger charge is -2.21. The van der Waals surface area contributed by atoms with Gasteiger partial charge in [-0.1, -0.05) is 32.9 Å². The van der Waals surface area contributed by atoms with Gasteiger partial charge in [-0.25, -0.2) is 4.79 Å². The van der Waals surface area contributed by atoms with Crippen molar-refractivity contribution in [2.45, 2.75) is 59.1 Å². The molecular weight excluding hydrogens is 282 g/mol. The highest BCUT2D eigenvalue weighted by molar-refractivity contribution is 5.86. The lowest BCUT2D eigenvalue weighted by atomic mass is 10.0. The fourth-order valence-electron chi connectivity index (χ4n) is 2.09. The zero-order valence-corrected chi connectivity index (χ0v) is 13.8. The highest BCUT2D eigenvalue weighted by Crippen LogP contribution is 2.28. The third-order valence-corrected chi connectivity index (χ3v) is 3.49. The average molecular weight is 307 g/mol. The van der Waals surface area contributed by atoms with Gasteiger partial charge in [0, 0.05) is 0 Å². The molecule has 0 aromatic heterocycles. The Kier molecular flexibility index (Phi) is 6.40. The molecule has 5 heteroatoms. The fourth-order valence-corrected chi connectivity index (χ4v) is 2.09. The van der Waals surface area contributed by atoms with Crippen LogP contribution in [0, 0.1) is 6.92 Å². The van der Waals surface area contributed by atoms with Crippen molar-refractivity contribution in [3.8, 4) is 5.75 Å². The molecule has 1 aromatic carbocycles. The second-order valence-electron chi connectivity index (χ2n) is 5.76. The Morgan fingerprint density at radius 2 is 1.91 bits per heavy atom. The van der Waals surface area contributed by atoms with Crippen molar-refractivity contribution in [3.63, 3.8) is 0 Å². The van der Waals surface area contributed by atoms with Gasteiger partial charge in [0.2, 0.25) is 0 Å². The topological polar surface area (TPSA) is 75.6 Å². The van der Waals surface area contributed by atoms with Gasteiger partial charge in [-0.3, -0.25) is 4.79 Å². The summed E-state index contributed by atoms with van der Waals surface area (Å²) in [6.45, 7) is 9.40. The standard InChI is InChI=1S/C17H25NO4/c1-6-14(17(20)21)18-16(19)12(5)22-15-9-11(4)7-8-13(15)10(2)3/h7-10,12,14H,6H2,1-5H3,(H,18,19)(H,20,21). The van der Waals surface area contributed by atoms with Crippen LogP contribution in [0.2, 0.25) is 0 Å². The molecule has 22 heavy (non-hydrogen) atoms. The number of aliphatic carboxylic acids is 1. The van der Waals surface area contributed by atoms with Crippen molar-refractivity contribution < 1.29 is 19.4 Å². The highest BCUT2D eigenvalue weighted by Gasteiger charge is 2.23. The van der Waals surface area contributed by atoms with Gasteiger partial charge in [0.1, 0.15) is 11.8 Å². The van der Waals surface area contributed by atoms with Crippen molar-refractivity contribution in [2.24, 2.45) is 0 Å². The molecule has 0 radical (unpaired) electrons. The molecule has 5 nitrogen and oxygen atoms in total. The molecule has 122 valence electrons. The van der Waals surface area contributed by atoms with Crippen LogP contribution in [-0.4, -0.2) is 29.1 Å². The summed E-state index contributed by atoms with van der Waals surface area (Å²) in [4.78, 5) is 23.1. The molecule has 1 rings (SSSR count). The Morgan fingerprint density at radius 3 is 2.41 bits per heavy atom. The van der Waals surface area contributed by atoms with E-state index in [9.17, 15) is 9.59 Å². The van der Waals surface area contributed by atoms with Crippen LogP contribution >= 0.6 is 0 Å². The maximum Gasteiger partial charge on any atom is 0.326 e. The van der Waals surface area contributed by atoms with E-state index in [-0.39, 0.29) is 5.92 Å². The van der Waals surface area contributed by atoms with Crippen LogP contribution in [0.5, 0.6) is 5.75 Å². The summed E-state index contributed by atoms with van der Waals surface area (Å²) in [6.07, 6.45) is -0.428. The number of hydrogen-bond donors (Lipinski definition) is 2. The third-order valence-electron chi connectivity index (χ3n) is 3.49. The number of carbonyl (C=O) groups excluding carboxylic acids is 1. The molecule has 0 heterocycles. The maximum atomic E-state index is 12.1.